The zero-order valence-electron chi connectivity index (χ0n) is 11.7. The quantitative estimate of drug-likeness (QED) is 0.842. The maximum Gasteiger partial charge on any atom is 0.248 e. The average molecular weight is 271 g/mol. The van der Waals surface area contributed by atoms with E-state index in [9.17, 15) is 13.6 Å². The Morgan fingerprint density at radius 2 is 1.95 bits per heavy atom. The summed E-state index contributed by atoms with van der Waals surface area (Å²) in [5.74, 6) is -1.54. The molecule has 1 rings (SSSR count). The number of halogens is 2. The molecule has 0 unspecified atom stereocenters. The van der Waals surface area contributed by atoms with Gasteiger partial charge in [0.05, 0.1) is 5.60 Å². The van der Waals surface area contributed by atoms with Crippen LogP contribution in [0.5, 0.6) is 0 Å². The van der Waals surface area contributed by atoms with Crippen LogP contribution in [0.1, 0.15) is 26.3 Å². The highest BCUT2D eigenvalue weighted by atomic mass is 19.1. The number of carbonyl (C=O) groups is 1. The van der Waals surface area contributed by atoms with Gasteiger partial charge < -0.3 is 9.64 Å². The highest BCUT2D eigenvalue weighted by molar-refractivity contribution is 5.77. The molecule has 5 heteroatoms. The third-order valence-corrected chi connectivity index (χ3v) is 2.48. The van der Waals surface area contributed by atoms with Crippen molar-refractivity contribution in [2.24, 2.45) is 0 Å². The highest BCUT2D eigenvalue weighted by Gasteiger charge is 2.16. The van der Waals surface area contributed by atoms with E-state index in [-0.39, 0.29) is 24.6 Å². The number of benzene rings is 1. The predicted octanol–water partition coefficient (Wildman–Crippen LogP) is 2.74. The molecular formula is C14H19F2NO2. The average Bonchev–Trinajstić information content (AvgIpc) is 2.28. The van der Waals surface area contributed by atoms with Gasteiger partial charge in [0.25, 0.3) is 0 Å². The molecule has 3 nitrogen and oxygen atoms in total. The Balaban J connectivity index is 2.59. The second-order valence-electron chi connectivity index (χ2n) is 5.39. The van der Waals surface area contributed by atoms with Crippen molar-refractivity contribution in [1.82, 2.24) is 4.90 Å². The van der Waals surface area contributed by atoms with E-state index in [1.807, 2.05) is 20.8 Å². The molecule has 0 heterocycles. The van der Waals surface area contributed by atoms with Gasteiger partial charge in [-0.15, -0.1) is 0 Å². The normalized spacial score (nSPS) is 11.5. The van der Waals surface area contributed by atoms with E-state index in [1.54, 1.807) is 7.05 Å². The highest BCUT2D eigenvalue weighted by Crippen LogP contribution is 2.12. The minimum atomic E-state index is -0.656. The molecular weight excluding hydrogens is 252 g/mol. The molecule has 1 aromatic carbocycles. The molecule has 19 heavy (non-hydrogen) atoms. The molecule has 0 atom stereocenters. The number of hydrogen-bond donors (Lipinski definition) is 0. The van der Waals surface area contributed by atoms with Crippen molar-refractivity contribution in [2.75, 3.05) is 13.7 Å². The Bertz CT molecular complexity index is 455. The predicted molar refractivity (Wildman–Crippen MR) is 68.5 cm³/mol. The summed E-state index contributed by atoms with van der Waals surface area (Å²) in [6.07, 6.45) is 0. The number of rotatable bonds is 4. The van der Waals surface area contributed by atoms with Gasteiger partial charge in [-0.2, -0.15) is 0 Å². The van der Waals surface area contributed by atoms with Crippen LogP contribution in [-0.2, 0) is 16.1 Å². The molecule has 0 aromatic heterocycles. The van der Waals surface area contributed by atoms with Crippen molar-refractivity contribution in [2.45, 2.75) is 32.9 Å². The summed E-state index contributed by atoms with van der Waals surface area (Å²) in [6, 6.07) is 3.31. The molecule has 1 aromatic rings. The maximum atomic E-state index is 13.4. The minimum absolute atomic E-state index is 0.0667. The topological polar surface area (TPSA) is 29.5 Å². The van der Waals surface area contributed by atoms with Crippen LogP contribution in [0, 0.1) is 11.6 Å². The summed E-state index contributed by atoms with van der Waals surface area (Å²) < 4.78 is 31.5. The van der Waals surface area contributed by atoms with Gasteiger partial charge in [-0.05, 0) is 26.8 Å². The molecule has 0 saturated heterocycles. The standard InChI is InChI=1S/C14H19F2NO2/c1-14(2,3)19-9-13(18)17(4)8-10-5-6-11(15)7-12(10)16/h5-7H,8-9H2,1-4H3. The lowest BCUT2D eigenvalue weighted by Gasteiger charge is -2.22. The molecule has 106 valence electrons. The van der Waals surface area contributed by atoms with E-state index in [4.69, 9.17) is 4.74 Å². The van der Waals surface area contributed by atoms with Crippen LogP contribution in [0.4, 0.5) is 8.78 Å². The van der Waals surface area contributed by atoms with Gasteiger partial charge in [-0.25, -0.2) is 8.78 Å². The molecule has 0 aliphatic rings. The molecule has 0 fully saturated rings. The fraction of sp³-hybridized carbons (Fsp3) is 0.500. The first kappa shape index (κ1) is 15.6. The largest absolute Gasteiger partial charge is 0.366 e. The number of ether oxygens (including phenoxy) is 1. The zero-order valence-corrected chi connectivity index (χ0v) is 11.7. The van der Waals surface area contributed by atoms with E-state index < -0.39 is 17.2 Å². The van der Waals surface area contributed by atoms with Crippen molar-refractivity contribution in [1.29, 1.82) is 0 Å². The summed E-state index contributed by atoms with van der Waals surface area (Å²) in [5, 5.41) is 0. The molecule has 0 N–H and O–H groups in total. The summed E-state index contributed by atoms with van der Waals surface area (Å²) in [5.41, 5.74) is -0.134. The van der Waals surface area contributed by atoms with Crippen molar-refractivity contribution >= 4 is 5.91 Å². The van der Waals surface area contributed by atoms with Crippen molar-refractivity contribution < 1.29 is 18.3 Å². The summed E-state index contributed by atoms with van der Waals surface area (Å²) in [4.78, 5) is 13.1. The van der Waals surface area contributed by atoms with Crippen molar-refractivity contribution in [3.8, 4) is 0 Å². The Morgan fingerprint density at radius 1 is 1.32 bits per heavy atom. The van der Waals surface area contributed by atoms with Gasteiger partial charge in [-0.3, -0.25) is 4.79 Å². The van der Waals surface area contributed by atoms with Gasteiger partial charge >= 0.3 is 0 Å². The Labute approximate surface area is 112 Å². The van der Waals surface area contributed by atoms with Crippen LogP contribution < -0.4 is 0 Å². The van der Waals surface area contributed by atoms with Gasteiger partial charge in [0, 0.05) is 25.2 Å². The van der Waals surface area contributed by atoms with Crippen molar-refractivity contribution in [3.63, 3.8) is 0 Å². The van der Waals surface area contributed by atoms with E-state index in [2.05, 4.69) is 0 Å². The SMILES string of the molecule is CN(Cc1ccc(F)cc1F)C(=O)COC(C)(C)C. The fourth-order valence-corrected chi connectivity index (χ4v) is 1.38. The van der Waals surface area contributed by atoms with E-state index >= 15 is 0 Å². The van der Waals surface area contributed by atoms with Gasteiger partial charge in [0.1, 0.15) is 18.2 Å². The third kappa shape index (κ3) is 5.34. The summed E-state index contributed by atoms with van der Waals surface area (Å²) in [6.45, 7) is 5.56. The lowest BCUT2D eigenvalue weighted by Crippen LogP contribution is -2.33. The van der Waals surface area contributed by atoms with E-state index in [1.165, 1.54) is 17.0 Å². The zero-order chi connectivity index (χ0) is 14.6. The van der Waals surface area contributed by atoms with Crippen LogP contribution in [0.15, 0.2) is 18.2 Å². The third-order valence-electron chi connectivity index (χ3n) is 2.48. The van der Waals surface area contributed by atoms with Crippen molar-refractivity contribution in [3.05, 3.63) is 35.4 Å². The lowest BCUT2D eigenvalue weighted by atomic mass is 10.2. The first-order valence-corrected chi connectivity index (χ1v) is 6.01. The Kier molecular flexibility index (Phi) is 5.00. The summed E-state index contributed by atoms with van der Waals surface area (Å²) in [7, 11) is 1.55. The second kappa shape index (κ2) is 6.10. The van der Waals surface area contributed by atoms with Gasteiger partial charge in [0.15, 0.2) is 0 Å². The summed E-state index contributed by atoms with van der Waals surface area (Å²) >= 11 is 0. The van der Waals surface area contributed by atoms with Crippen LogP contribution in [0.2, 0.25) is 0 Å². The number of nitrogens with zero attached hydrogens (tertiary/aromatic N) is 1. The first-order valence-electron chi connectivity index (χ1n) is 6.01. The maximum absolute atomic E-state index is 13.4. The molecule has 0 bridgehead atoms. The Hall–Kier alpha value is -1.49. The fourth-order valence-electron chi connectivity index (χ4n) is 1.38. The second-order valence-corrected chi connectivity index (χ2v) is 5.39. The van der Waals surface area contributed by atoms with Gasteiger partial charge in [0.2, 0.25) is 5.91 Å². The van der Waals surface area contributed by atoms with Crippen LogP contribution >= 0.6 is 0 Å². The number of carbonyl (C=O) groups excluding carboxylic acids is 1. The van der Waals surface area contributed by atoms with Crippen LogP contribution in [-0.4, -0.2) is 30.1 Å². The van der Waals surface area contributed by atoms with Gasteiger partial charge in [-0.1, -0.05) is 6.07 Å². The Morgan fingerprint density at radius 3 is 2.47 bits per heavy atom. The smallest absolute Gasteiger partial charge is 0.248 e. The lowest BCUT2D eigenvalue weighted by molar-refractivity contribution is -0.140. The first-order chi connectivity index (χ1) is 8.69. The number of hydrogen-bond acceptors (Lipinski definition) is 2. The van der Waals surface area contributed by atoms with E-state index in [0.29, 0.717) is 0 Å². The molecule has 0 aliphatic heterocycles. The molecule has 0 aliphatic carbocycles. The minimum Gasteiger partial charge on any atom is -0.366 e. The molecule has 0 spiro atoms. The van der Waals surface area contributed by atoms with Crippen LogP contribution in [0.25, 0.3) is 0 Å². The molecule has 0 saturated carbocycles. The number of amides is 1. The molecule has 0 radical (unpaired) electrons. The van der Waals surface area contributed by atoms with E-state index in [0.717, 1.165) is 6.07 Å². The van der Waals surface area contributed by atoms with Crippen LogP contribution in [0.3, 0.4) is 0 Å². The number of likely N-dealkylation sites (N-methyl/N-ethyl adjacent to an activating group) is 1. The molecule has 1 amide bonds. The monoisotopic (exact) mass is 271 g/mol.